The topological polar surface area (TPSA) is 34.0 Å². The lowest BCUT2D eigenvalue weighted by molar-refractivity contribution is 0.819. The molecule has 0 fully saturated rings. The second-order valence-corrected chi connectivity index (χ2v) is 6.12. The van der Waals surface area contributed by atoms with Crippen molar-refractivity contribution in [1.82, 2.24) is 15.0 Å². The molecule has 0 spiro atoms. The maximum atomic E-state index is 4.50. The Bertz CT molecular complexity index is 923. The molecular weight excluding hydrogens is 296 g/mol. The molecule has 0 N–H and O–H groups in total. The summed E-state index contributed by atoms with van der Waals surface area (Å²) in [5.74, 6) is 0. The van der Waals surface area contributed by atoms with Gasteiger partial charge in [0.25, 0.3) is 0 Å². The van der Waals surface area contributed by atoms with Crippen molar-refractivity contribution in [3.63, 3.8) is 0 Å². The van der Waals surface area contributed by atoms with E-state index in [4.69, 9.17) is 0 Å². The van der Waals surface area contributed by atoms with E-state index in [0.717, 1.165) is 41.3 Å². The fourth-order valence-corrected chi connectivity index (χ4v) is 3.38. The van der Waals surface area contributed by atoms with E-state index in [2.05, 4.69) is 77.2 Å². The molecule has 0 aliphatic carbocycles. The van der Waals surface area contributed by atoms with Crippen molar-refractivity contribution < 1.29 is 0 Å². The molecule has 4 rings (SSSR count). The van der Waals surface area contributed by atoms with Crippen molar-refractivity contribution in [2.45, 2.75) is 20.4 Å². The highest BCUT2D eigenvalue weighted by Crippen LogP contribution is 2.41. The fraction of sp³-hybridized carbons (Fsp3) is 0.200. The monoisotopic (exact) mass is 316 g/mol. The van der Waals surface area contributed by atoms with Crippen LogP contribution in [-0.2, 0) is 6.54 Å². The minimum Gasteiger partial charge on any atom is -0.367 e. The van der Waals surface area contributed by atoms with Crippen molar-refractivity contribution >= 4 is 11.4 Å². The molecule has 0 radical (unpaired) electrons. The van der Waals surface area contributed by atoms with E-state index in [9.17, 15) is 0 Å². The largest absolute Gasteiger partial charge is 0.367 e. The Hall–Kier alpha value is -2.88. The van der Waals surface area contributed by atoms with Crippen molar-refractivity contribution in [2.75, 3.05) is 11.4 Å². The normalized spacial score (nSPS) is 12.7. The quantitative estimate of drug-likeness (QED) is 0.701. The fourth-order valence-electron chi connectivity index (χ4n) is 3.38. The van der Waals surface area contributed by atoms with E-state index in [1.807, 2.05) is 11.6 Å². The van der Waals surface area contributed by atoms with E-state index < -0.39 is 0 Å². The number of anilines is 1. The zero-order valence-electron chi connectivity index (χ0n) is 14.0. The van der Waals surface area contributed by atoms with Gasteiger partial charge in [-0.2, -0.15) is 0 Å². The second kappa shape index (κ2) is 5.64. The predicted octanol–water partition coefficient (Wildman–Crippen LogP) is 4.44. The van der Waals surface area contributed by atoms with Gasteiger partial charge in [-0.05, 0) is 25.5 Å². The maximum Gasteiger partial charge on any atom is 0.121 e. The standard InChI is InChI=1S/C20H20N4/c1-4-23-13-15-9-5-6-10-16(15)19-20(24(14(2)3)22-21-19)17-11-7-8-12-18(17)23/h5-12H,2,4,13H2,1,3H3. The van der Waals surface area contributed by atoms with Crippen LogP contribution in [0, 0.1) is 0 Å². The van der Waals surface area contributed by atoms with Crippen LogP contribution in [0.4, 0.5) is 5.69 Å². The van der Waals surface area contributed by atoms with Crippen LogP contribution >= 0.6 is 0 Å². The Kier molecular flexibility index (Phi) is 3.45. The van der Waals surface area contributed by atoms with Crippen LogP contribution in [-0.4, -0.2) is 21.5 Å². The number of benzene rings is 2. The number of hydrogen-bond donors (Lipinski definition) is 0. The van der Waals surface area contributed by atoms with E-state index >= 15 is 0 Å². The first kappa shape index (κ1) is 14.7. The van der Waals surface area contributed by atoms with Gasteiger partial charge in [-0.25, -0.2) is 4.68 Å². The summed E-state index contributed by atoms with van der Waals surface area (Å²) in [6.07, 6.45) is 0. The van der Waals surface area contributed by atoms with Crippen molar-refractivity contribution in [3.8, 4) is 22.5 Å². The molecule has 2 heterocycles. The van der Waals surface area contributed by atoms with Gasteiger partial charge in [0.05, 0.1) is 0 Å². The van der Waals surface area contributed by atoms with Gasteiger partial charge in [-0.3, -0.25) is 0 Å². The molecule has 0 saturated heterocycles. The Labute approximate surface area is 142 Å². The molecule has 0 bridgehead atoms. The summed E-state index contributed by atoms with van der Waals surface area (Å²) < 4.78 is 1.85. The Morgan fingerprint density at radius 3 is 2.54 bits per heavy atom. The van der Waals surface area contributed by atoms with Gasteiger partial charge in [0.15, 0.2) is 0 Å². The molecule has 3 aromatic rings. The first-order chi connectivity index (χ1) is 11.7. The van der Waals surface area contributed by atoms with E-state index in [1.165, 1.54) is 11.3 Å². The van der Waals surface area contributed by atoms with Gasteiger partial charge in [-0.1, -0.05) is 54.3 Å². The van der Waals surface area contributed by atoms with E-state index in [-0.39, 0.29) is 0 Å². The summed E-state index contributed by atoms with van der Waals surface area (Å²) in [6.45, 7) is 10.0. The third-order valence-corrected chi connectivity index (χ3v) is 4.55. The van der Waals surface area contributed by atoms with Gasteiger partial charge in [-0.15, -0.1) is 5.10 Å². The van der Waals surface area contributed by atoms with Crippen molar-refractivity contribution in [3.05, 3.63) is 60.7 Å². The van der Waals surface area contributed by atoms with Crippen LogP contribution in [0.2, 0.25) is 0 Å². The van der Waals surface area contributed by atoms with E-state index in [1.54, 1.807) is 0 Å². The van der Waals surface area contributed by atoms with Gasteiger partial charge in [0.1, 0.15) is 11.4 Å². The highest BCUT2D eigenvalue weighted by atomic mass is 15.4. The molecule has 0 unspecified atom stereocenters. The number of para-hydroxylation sites is 1. The Morgan fingerprint density at radius 2 is 1.79 bits per heavy atom. The lowest BCUT2D eigenvalue weighted by Gasteiger charge is -2.29. The van der Waals surface area contributed by atoms with Crippen molar-refractivity contribution in [2.24, 2.45) is 0 Å². The summed E-state index contributed by atoms with van der Waals surface area (Å²) in [4.78, 5) is 2.40. The summed E-state index contributed by atoms with van der Waals surface area (Å²) >= 11 is 0. The number of hydrogen-bond acceptors (Lipinski definition) is 3. The van der Waals surface area contributed by atoms with Crippen LogP contribution < -0.4 is 4.90 Å². The first-order valence-corrected chi connectivity index (χ1v) is 8.25. The lowest BCUT2D eigenvalue weighted by Crippen LogP contribution is -2.24. The van der Waals surface area contributed by atoms with E-state index in [0.29, 0.717) is 0 Å². The van der Waals surface area contributed by atoms with Gasteiger partial charge >= 0.3 is 0 Å². The van der Waals surface area contributed by atoms with Crippen LogP contribution in [0.5, 0.6) is 0 Å². The molecule has 1 aliphatic rings. The maximum absolute atomic E-state index is 4.50. The zero-order chi connectivity index (χ0) is 16.7. The first-order valence-electron chi connectivity index (χ1n) is 8.25. The van der Waals surface area contributed by atoms with Gasteiger partial charge in [0.2, 0.25) is 0 Å². The Balaban J connectivity index is 2.11. The summed E-state index contributed by atoms with van der Waals surface area (Å²) in [5, 5.41) is 8.88. The molecule has 24 heavy (non-hydrogen) atoms. The van der Waals surface area contributed by atoms with Gasteiger partial charge in [0, 0.05) is 35.6 Å². The summed E-state index contributed by atoms with van der Waals surface area (Å²) in [7, 11) is 0. The van der Waals surface area contributed by atoms with Crippen LogP contribution in [0.25, 0.3) is 28.2 Å². The molecule has 4 heteroatoms. The van der Waals surface area contributed by atoms with Crippen LogP contribution in [0.3, 0.4) is 0 Å². The number of nitrogens with zero attached hydrogens (tertiary/aromatic N) is 4. The molecule has 2 aromatic carbocycles. The molecule has 1 aromatic heterocycles. The van der Waals surface area contributed by atoms with Crippen LogP contribution in [0.15, 0.2) is 55.1 Å². The summed E-state index contributed by atoms with van der Waals surface area (Å²) in [5.41, 5.74) is 7.58. The molecule has 1 aliphatic heterocycles. The number of allylic oxidation sites excluding steroid dienone is 1. The number of aromatic nitrogens is 3. The summed E-state index contributed by atoms with van der Waals surface area (Å²) in [6, 6.07) is 16.9. The highest BCUT2D eigenvalue weighted by Gasteiger charge is 2.25. The SMILES string of the molecule is C=C(C)n1nnc2c1-c1ccccc1N(CC)Cc1ccccc1-2. The lowest BCUT2D eigenvalue weighted by atomic mass is 9.95. The molecule has 0 amide bonds. The molecule has 4 nitrogen and oxygen atoms in total. The molecule has 120 valence electrons. The molecular formula is C20H20N4. The number of fused-ring (bicyclic) bond motifs is 5. The third kappa shape index (κ3) is 2.14. The minimum absolute atomic E-state index is 0.861. The third-order valence-electron chi connectivity index (χ3n) is 4.55. The van der Waals surface area contributed by atoms with Gasteiger partial charge < -0.3 is 4.90 Å². The second-order valence-electron chi connectivity index (χ2n) is 6.12. The minimum atomic E-state index is 0.861. The van der Waals surface area contributed by atoms with Crippen LogP contribution in [0.1, 0.15) is 19.4 Å². The molecule has 0 atom stereocenters. The smallest absolute Gasteiger partial charge is 0.121 e. The molecule has 0 saturated carbocycles. The average Bonchev–Trinajstić information content (AvgIpc) is 3.03. The highest BCUT2D eigenvalue weighted by molar-refractivity contribution is 5.89. The number of rotatable bonds is 2. The Morgan fingerprint density at radius 1 is 1.08 bits per heavy atom. The average molecular weight is 316 g/mol. The zero-order valence-corrected chi connectivity index (χ0v) is 14.0. The predicted molar refractivity (Wildman–Crippen MR) is 98.6 cm³/mol. The van der Waals surface area contributed by atoms with Crippen molar-refractivity contribution in [1.29, 1.82) is 0 Å².